The summed E-state index contributed by atoms with van der Waals surface area (Å²) in [5.41, 5.74) is 0. The maximum Gasteiger partial charge on any atom is 0.226 e. The van der Waals surface area contributed by atoms with Gasteiger partial charge in [0, 0.05) is 18.4 Å². The average Bonchev–Trinajstić information content (AvgIpc) is 2.35. The lowest BCUT2D eigenvalue weighted by Gasteiger charge is -2.22. The molecule has 0 bridgehead atoms. The molecular formula is C11H19NO2. The Hall–Kier alpha value is -0.860. The molecule has 3 nitrogen and oxygen atoms in total. The number of carbonyl (C=O) groups excluding carboxylic acids is 2. The monoisotopic (exact) mass is 197 g/mol. The predicted octanol–water partition coefficient (Wildman–Crippen LogP) is 1.47. The Kier molecular flexibility index (Phi) is 3.29. The van der Waals surface area contributed by atoms with Gasteiger partial charge in [0.25, 0.3) is 0 Å². The van der Waals surface area contributed by atoms with E-state index in [-0.39, 0.29) is 23.7 Å². The minimum atomic E-state index is 0.0645. The van der Waals surface area contributed by atoms with Gasteiger partial charge < -0.3 is 4.90 Å². The Morgan fingerprint density at radius 2 is 1.93 bits per heavy atom. The number of hydrogen-bond acceptors (Lipinski definition) is 2. The van der Waals surface area contributed by atoms with E-state index >= 15 is 0 Å². The van der Waals surface area contributed by atoms with E-state index in [0.717, 1.165) is 0 Å². The maximum absolute atomic E-state index is 11.8. The molecule has 1 aliphatic rings. The van der Waals surface area contributed by atoms with E-state index in [1.165, 1.54) is 0 Å². The molecule has 80 valence electrons. The minimum absolute atomic E-state index is 0.0645. The summed E-state index contributed by atoms with van der Waals surface area (Å²) in [6.45, 7) is 8.17. The highest BCUT2D eigenvalue weighted by molar-refractivity contribution is 5.88. The van der Waals surface area contributed by atoms with Gasteiger partial charge in [-0.3, -0.25) is 9.59 Å². The van der Waals surface area contributed by atoms with E-state index in [9.17, 15) is 9.59 Å². The summed E-state index contributed by atoms with van der Waals surface area (Å²) in [5, 5.41) is 0. The van der Waals surface area contributed by atoms with Crippen LogP contribution in [-0.2, 0) is 9.59 Å². The number of carbonyl (C=O) groups is 2. The quantitative estimate of drug-likeness (QED) is 0.687. The highest BCUT2D eigenvalue weighted by Crippen LogP contribution is 2.29. The number of nitrogens with zero attached hydrogens (tertiary/aromatic N) is 1. The van der Waals surface area contributed by atoms with E-state index in [0.29, 0.717) is 18.9 Å². The fourth-order valence-electron chi connectivity index (χ4n) is 1.91. The zero-order valence-electron chi connectivity index (χ0n) is 9.41. The van der Waals surface area contributed by atoms with Crippen LogP contribution in [0, 0.1) is 11.8 Å². The minimum Gasteiger partial charge on any atom is -0.332 e. The summed E-state index contributed by atoms with van der Waals surface area (Å²) in [6.07, 6.45) is 0.513. The van der Waals surface area contributed by atoms with Crippen molar-refractivity contribution in [1.29, 1.82) is 0 Å². The van der Waals surface area contributed by atoms with Gasteiger partial charge in [0.2, 0.25) is 5.91 Å². The number of rotatable bonds is 3. The molecule has 0 aliphatic carbocycles. The summed E-state index contributed by atoms with van der Waals surface area (Å²) in [7, 11) is 0. The number of Topliss-reactive ketones (excluding diaryl/α,β-unsaturated/α-hetero) is 1. The van der Waals surface area contributed by atoms with Crippen LogP contribution in [0.5, 0.6) is 0 Å². The number of likely N-dealkylation sites (tertiary alicyclic amines) is 1. The normalized spacial score (nSPS) is 32.4. The molecule has 0 aromatic heterocycles. The van der Waals surface area contributed by atoms with E-state index in [1.54, 1.807) is 4.90 Å². The zero-order chi connectivity index (χ0) is 10.9. The summed E-state index contributed by atoms with van der Waals surface area (Å²) in [5.74, 6) is 0.695. The van der Waals surface area contributed by atoms with Crippen molar-refractivity contribution in [3.05, 3.63) is 0 Å². The van der Waals surface area contributed by atoms with Crippen molar-refractivity contribution < 1.29 is 9.59 Å². The lowest BCUT2D eigenvalue weighted by molar-refractivity contribution is -0.135. The first-order valence-corrected chi connectivity index (χ1v) is 5.31. The molecule has 1 amide bonds. The predicted molar refractivity (Wildman–Crippen MR) is 54.8 cm³/mol. The molecule has 0 N–H and O–H groups in total. The van der Waals surface area contributed by atoms with Gasteiger partial charge in [-0.15, -0.1) is 0 Å². The van der Waals surface area contributed by atoms with Gasteiger partial charge in [-0.2, -0.15) is 0 Å². The van der Waals surface area contributed by atoms with Gasteiger partial charge in [-0.25, -0.2) is 0 Å². The van der Waals surface area contributed by atoms with E-state index in [4.69, 9.17) is 0 Å². The van der Waals surface area contributed by atoms with Crippen LogP contribution in [0.4, 0.5) is 0 Å². The van der Waals surface area contributed by atoms with Crippen LogP contribution in [0.2, 0.25) is 0 Å². The van der Waals surface area contributed by atoms with Crippen molar-refractivity contribution >= 4 is 11.7 Å². The van der Waals surface area contributed by atoms with Crippen molar-refractivity contribution in [2.24, 2.45) is 11.8 Å². The second kappa shape index (κ2) is 4.11. The Morgan fingerprint density at radius 1 is 1.36 bits per heavy atom. The third kappa shape index (κ3) is 1.81. The Bertz CT molecular complexity index is 250. The molecule has 0 spiro atoms. The fraction of sp³-hybridized carbons (Fsp3) is 0.818. The molecule has 0 saturated carbocycles. The van der Waals surface area contributed by atoms with Crippen LogP contribution in [0.25, 0.3) is 0 Å². The third-order valence-corrected chi connectivity index (χ3v) is 3.45. The van der Waals surface area contributed by atoms with Gasteiger partial charge in [-0.05, 0) is 12.8 Å². The molecule has 1 saturated heterocycles. The van der Waals surface area contributed by atoms with Gasteiger partial charge in [-0.1, -0.05) is 20.8 Å². The molecule has 3 atom stereocenters. The lowest BCUT2D eigenvalue weighted by Crippen LogP contribution is -2.37. The molecule has 14 heavy (non-hydrogen) atoms. The van der Waals surface area contributed by atoms with Crippen molar-refractivity contribution in [2.75, 3.05) is 6.54 Å². The molecule has 1 rings (SSSR count). The van der Waals surface area contributed by atoms with Crippen molar-refractivity contribution in [2.45, 2.75) is 40.2 Å². The molecule has 0 aromatic carbocycles. The molecule has 0 radical (unpaired) electrons. The van der Waals surface area contributed by atoms with Crippen LogP contribution in [0.3, 0.4) is 0 Å². The molecule has 1 fully saturated rings. The van der Waals surface area contributed by atoms with Crippen LogP contribution in [0.15, 0.2) is 0 Å². The standard InChI is InChI=1S/C11H19NO2/c1-5-10(13)6-12-9(4)7(2)8(3)11(12)14/h7-9H,5-6H2,1-4H3. The second-order valence-electron chi connectivity index (χ2n) is 4.25. The second-order valence-corrected chi connectivity index (χ2v) is 4.25. The Balaban J connectivity index is 2.70. The van der Waals surface area contributed by atoms with Gasteiger partial charge >= 0.3 is 0 Å². The molecule has 3 unspecified atom stereocenters. The van der Waals surface area contributed by atoms with Gasteiger partial charge in [0.15, 0.2) is 5.78 Å². The molecular weight excluding hydrogens is 178 g/mol. The first kappa shape index (κ1) is 11.2. The first-order chi connectivity index (χ1) is 6.49. The summed E-state index contributed by atoms with van der Waals surface area (Å²) < 4.78 is 0. The SMILES string of the molecule is CCC(=O)CN1C(=O)C(C)C(C)C1C. The molecule has 0 aromatic rings. The topological polar surface area (TPSA) is 37.4 Å². The van der Waals surface area contributed by atoms with Crippen molar-refractivity contribution in [1.82, 2.24) is 4.90 Å². The summed E-state index contributed by atoms with van der Waals surface area (Å²) in [6, 6.07) is 0.202. The molecule has 1 heterocycles. The van der Waals surface area contributed by atoms with E-state index in [1.807, 2.05) is 20.8 Å². The fourth-order valence-corrected chi connectivity index (χ4v) is 1.91. The van der Waals surface area contributed by atoms with Gasteiger partial charge in [0.1, 0.15) is 0 Å². The third-order valence-electron chi connectivity index (χ3n) is 3.45. The van der Waals surface area contributed by atoms with Crippen molar-refractivity contribution in [3.8, 4) is 0 Å². The van der Waals surface area contributed by atoms with E-state index < -0.39 is 0 Å². The number of amides is 1. The number of hydrogen-bond donors (Lipinski definition) is 0. The lowest BCUT2D eigenvalue weighted by atomic mass is 9.95. The summed E-state index contributed by atoms with van der Waals surface area (Å²) >= 11 is 0. The maximum atomic E-state index is 11.8. The largest absolute Gasteiger partial charge is 0.332 e. The van der Waals surface area contributed by atoms with Gasteiger partial charge in [0.05, 0.1) is 6.54 Å². The van der Waals surface area contributed by atoms with Crippen LogP contribution in [0.1, 0.15) is 34.1 Å². The van der Waals surface area contributed by atoms with Crippen LogP contribution < -0.4 is 0 Å². The molecule has 3 heteroatoms. The average molecular weight is 197 g/mol. The van der Waals surface area contributed by atoms with Crippen LogP contribution >= 0.6 is 0 Å². The molecule has 1 aliphatic heterocycles. The zero-order valence-corrected chi connectivity index (χ0v) is 9.41. The van der Waals surface area contributed by atoms with E-state index in [2.05, 4.69) is 6.92 Å². The Morgan fingerprint density at radius 3 is 2.29 bits per heavy atom. The Labute approximate surface area is 85.5 Å². The number of ketones is 1. The summed E-state index contributed by atoms with van der Waals surface area (Å²) in [4.78, 5) is 24.8. The smallest absolute Gasteiger partial charge is 0.226 e. The highest BCUT2D eigenvalue weighted by Gasteiger charge is 2.40. The van der Waals surface area contributed by atoms with Crippen molar-refractivity contribution in [3.63, 3.8) is 0 Å². The first-order valence-electron chi connectivity index (χ1n) is 5.31. The highest BCUT2D eigenvalue weighted by atomic mass is 16.2. The van der Waals surface area contributed by atoms with Crippen LogP contribution in [-0.4, -0.2) is 29.2 Å².